The van der Waals surface area contributed by atoms with Crippen LogP contribution in [0.25, 0.3) is 0 Å². The molecule has 0 aromatic heterocycles. The number of rotatable bonds is 3. The van der Waals surface area contributed by atoms with E-state index in [1.165, 1.54) is 12.1 Å². The summed E-state index contributed by atoms with van der Waals surface area (Å²) in [5, 5.41) is 0. The Bertz CT molecular complexity index is 847. The van der Waals surface area contributed by atoms with Crippen LogP contribution >= 0.6 is 0 Å². The van der Waals surface area contributed by atoms with Crippen LogP contribution in [0.2, 0.25) is 0 Å². The third-order valence-electron chi connectivity index (χ3n) is 4.15. The SMILES string of the molecule is O=S(=O)(NC1CCc2ccccc2C1)c1ccccc1C(F)(F)F. The second-order valence-electron chi connectivity index (χ2n) is 5.82. The molecule has 3 rings (SSSR count). The highest BCUT2D eigenvalue weighted by atomic mass is 32.2. The molecule has 0 aliphatic heterocycles. The van der Waals surface area contributed by atoms with E-state index in [0.29, 0.717) is 19.3 Å². The van der Waals surface area contributed by atoms with E-state index in [2.05, 4.69) is 4.72 Å². The highest BCUT2D eigenvalue weighted by Gasteiger charge is 2.37. The molecule has 2 aromatic carbocycles. The Morgan fingerprint density at radius 1 is 0.958 bits per heavy atom. The predicted molar refractivity (Wildman–Crippen MR) is 84.0 cm³/mol. The lowest BCUT2D eigenvalue weighted by Gasteiger charge is -2.25. The molecular formula is C17H16F3NO2S. The zero-order valence-electron chi connectivity index (χ0n) is 12.7. The third-order valence-corrected chi connectivity index (χ3v) is 5.73. The first-order valence-corrected chi connectivity index (χ1v) is 9.01. The number of alkyl halides is 3. The number of hydrogen-bond acceptors (Lipinski definition) is 2. The normalized spacial score (nSPS) is 18.2. The molecule has 24 heavy (non-hydrogen) atoms. The zero-order chi connectivity index (χ0) is 17.4. The Kier molecular flexibility index (Phi) is 4.40. The molecule has 1 atom stereocenters. The van der Waals surface area contributed by atoms with Crippen molar-refractivity contribution in [3.8, 4) is 0 Å². The van der Waals surface area contributed by atoms with Gasteiger partial charge in [-0.05, 0) is 42.5 Å². The van der Waals surface area contributed by atoms with Crippen LogP contribution in [0.5, 0.6) is 0 Å². The molecule has 0 fully saturated rings. The van der Waals surface area contributed by atoms with Crippen molar-refractivity contribution in [1.29, 1.82) is 0 Å². The first kappa shape index (κ1) is 17.0. The van der Waals surface area contributed by atoms with Crippen LogP contribution in [0, 0.1) is 0 Å². The number of benzene rings is 2. The zero-order valence-corrected chi connectivity index (χ0v) is 13.5. The second kappa shape index (κ2) is 6.22. The predicted octanol–water partition coefficient (Wildman–Crippen LogP) is 3.54. The van der Waals surface area contributed by atoms with Crippen molar-refractivity contribution < 1.29 is 21.6 Å². The maximum absolute atomic E-state index is 13.1. The molecular weight excluding hydrogens is 339 g/mol. The van der Waals surface area contributed by atoms with Gasteiger partial charge in [-0.3, -0.25) is 0 Å². The van der Waals surface area contributed by atoms with Gasteiger partial charge in [-0.25, -0.2) is 13.1 Å². The van der Waals surface area contributed by atoms with Gasteiger partial charge in [0, 0.05) is 6.04 Å². The minimum atomic E-state index is -4.72. The number of aryl methyl sites for hydroxylation is 1. The Labute approximate surface area is 138 Å². The lowest BCUT2D eigenvalue weighted by molar-refractivity contribution is -0.139. The largest absolute Gasteiger partial charge is 0.417 e. The van der Waals surface area contributed by atoms with Crippen LogP contribution in [0.3, 0.4) is 0 Å². The Hall–Kier alpha value is -1.86. The standard InChI is InChI=1S/C17H16F3NO2S/c18-17(19,20)15-7-3-4-8-16(15)24(22,23)21-14-10-9-12-5-1-2-6-13(12)11-14/h1-8,14,21H,9-11H2. The molecule has 1 aliphatic carbocycles. The van der Waals surface area contributed by atoms with Crippen molar-refractivity contribution >= 4 is 10.0 Å². The van der Waals surface area contributed by atoms with E-state index >= 15 is 0 Å². The molecule has 128 valence electrons. The molecule has 3 nitrogen and oxygen atoms in total. The lowest BCUT2D eigenvalue weighted by Crippen LogP contribution is -2.39. The lowest BCUT2D eigenvalue weighted by atomic mass is 9.89. The van der Waals surface area contributed by atoms with Gasteiger partial charge in [0.1, 0.15) is 0 Å². The molecule has 7 heteroatoms. The summed E-state index contributed by atoms with van der Waals surface area (Å²) in [5.41, 5.74) is 1.04. The van der Waals surface area contributed by atoms with Gasteiger partial charge in [0.05, 0.1) is 10.5 Å². The molecule has 0 saturated heterocycles. The van der Waals surface area contributed by atoms with E-state index in [-0.39, 0.29) is 0 Å². The summed E-state index contributed by atoms with van der Waals surface area (Å²) in [6.07, 6.45) is -2.98. The summed E-state index contributed by atoms with van der Waals surface area (Å²) in [6.45, 7) is 0. The average molecular weight is 355 g/mol. The maximum Gasteiger partial charge on any atom is 0.417 e. The molecule has 0 amide bonds. The highest BCUT2D eigenvalue weighted by Crippen LogP contribution is 2.34. The summed E-state index contributed by atoms with van der Waals surface area (Å²) in [7, 11) is -4.25. The van der Waals surface area contributed by atoms with Crippen molar-refractivity contribution in [2.24, 2.45) is 0 Å². The van der Waals surface area contributed by atoms with Gasteiger partial charge in [0.15, 0.2) is 0 Å². The number of fused-ring (bicyclic) bond motifs is 1. The van der Waals surface area contributed by atoms with Crippen LogP contribution in [-0.4, -0.2) is 14.5 Å². The molecule has 1 N–H and O–H groups in total. The fourth-order valence-electron chi connectivity index (χ4n) is 3.02. The second-order valence-corrected chi connectivity index (χ2v) is 7.51. The number of hydrogen-bond donors (Lipinski definition) is 1. The molecule has 0 bridgehead atoms. The van der Waals surface area contributed by atoms with E-state index in [9.17, 15) is 21.6 Å². The minimum absolute atomic E-state index is 0.411. The number of nitrogens with one attached hydrogen (secondary N) is 1. The van der Waals surface area contributed by atoms with Gasteiger partial charge >= 0.3 is 6.18 Å². The third kappa shape index (κ3) is 3.47. The van der Waals surface area contributed by atoms with Crippen molar-refractivity contribution in [2.45, 2.75) is 36.4 Å². The molecule has 0 radical (unpaired) electrons. The molecule has 0 spiro atoms. The number of halogens is 3. The number of sulfonamides is 1. The van der Waals surface area contributed by atoms with Gasteiger partial charge in [0.2, 0.25) is 10.0 Å². The minimum Gasteiger partial charge on any atom is -0.208 e. The fourth-order valence-corrected chi connectivity index (χ4v) is 4.51. The van der Waals surface area contributed by atoms with Crippen LogP contribution in [0.1, 0.15) is 23.1 Å². The summed E-state index contributed by atoms with van der Waals surface area (Å²) in [4.78, 5) is -0.726. The molecule has 1 aliphatic rings. The quantitative estimate of drug-likeness (QED) is 0.915. The first-order valence-electron chi connectivity index (χ1n) is 7.53. The van der Waals surface area contributed by atoms with Crippen molar-refractivity contribution in [2.75, 3.05) is 0 Å². The topological polar surface area (TPSA) is 46.2 Å². The fraction of sp³-hybridized carbons (Fsp3) is 0.294. The van der Waals surface area contributed by atoms with E-state index in [4.69, 9.17) is 0 Å². The van der Waals surface area contributed by atoms with Gasteiger partial charge in [-0.15, -0.1) is 0 Å². The molecule has 0 saturated carbocycles. The summed E-state index contributed by atoms with van der Waals surface area (Å²) >= 11 is 0. The molecule has 0 heterocycles. The average Bonchev–Trinajstić information content (AvgIpc) is 2.53. The van der Waals surface area contributed by atoms with Gasteiger partial charge < -0.3 is 0 Å². The molecule has 2 aromatic rings. The van der Waals surface area contributed by atoms with E-state index in [0.717, 1.165) is 23.3 Å². The van der Waals surface area contributed by atoms with Crippen molar-refractivity contribution in [1.82, 2.24) is 4.72 Å². The van der Waals surface area contributed by atoms with Gasteiger partial charge in [0.25, 0.3) is 0 Å². The van der Waals surface area contributed by atoms with Crippen molar-refractivity contribution in [3.63, 3.8) is 0 Å². The highest BCUT2D eigenvalue weighted by molar-refractivity contribution is 7.89. The van der Waals surface area contributed by atoms with Crippen LogP contribution in [0.4, 0.5) is 13.2 Å². The Balaban J connectivity index is 1.86. The van der Waals surface area contributed by atoms with Gasteiger partial charge in [-0.1, -0.05) is 36.4 Å². The van der Waals surface area contributed by atoms with Crippen molar-refractivity contribution in [3.05, 3.63) is 65.2 Å². The van der Waals surface area contributed by atoms with Gasteiger partial charge in [-0.2, -0.15) is 13.2 Å². The van der Waals surface area contributed by atoms with E-state index in [1.54, 1.807) is 0 Å². The summed E-state index contributed by atoms with van der Waals surface area (Å²) in [6, 6.07) is 11.5. The van der Waals surface area contributed by atoms with Crippen LogP contribution in [0.15, 0.2) is 53.4 Å². The monoisotopic (exact) mass is 355 g/mol. The molecule has 1 unspecified atom stereocenters. The summed E-state index contributed by atoms with van der Waals surface area (Å²) in [5.74, 6) is 0. The first-order chi connectivity index (χ1) is 11.3. The Morgan fingerprint density at radius 2 is 1.58 bits per heavy atom. The summed E-state index contributed by atoms with van der Waals surface area (Å²) < 4.78 is 66.6. The van der Waals surface area contributed by atoms with E-state index in [1.807, 2.05) is 24.3 Å². The van der Waals surface area contributed by atoms with Crippen LogP contribution in [-0.2, 0) is 29.0 Å². The Morgan fingerprint density at radius 3 is 2.29 bits per heavy atom. The maximum atomic E-state index is 13.1. The van der Waals surface area contributed by atoms with E-state index < -0.39 is 32.7 Å². The van der Waals surface area contributed by atoms with Crippen LogP contribution < -0.4 is 4.72 Å². The smallest absolute Gasteiger partial charge is 0.208 e.